The number of aryl methyl sites for hydroxylation is 1. The van der Waals surface area contributed by atoms with Gasteiger partial charge in [0.15, 0.2) is 11.6 Å². The van der Waals surface area contributed by atoms with E-state index < -0.39 is 11.6 Å². The van der Waals surface area contributed by atoms with Gasteiger partial charge in [0.05, 0.1) is 12.2 Å². The maximum absolute atomic E-state index is 13.2. The highest BCUT2D eigenvalue weighted by atomic mass is 19.2. The van der Waals surface area contributed by atoms with Crippen LogP contribution in [0.2, 0.25) is 0 Å². The number of halogens is 2. The Bertz CT molecular complexity index is 605. The van der Waals surface area contributed by atoms with Gasteiger partial charge in [-0.2, -0.15) is 5.10 Å². The molecule has 1 aromatic heterocycles. The van der Waals surface area contributed by atoms with Crippen molar-refractivity contribution in [3.8, 4) is 0 Å². The number of hydrogen-bond acceptors (Lipinski definition) is 2. The third-order valence-electron chi connectivity index (χ3n) is 3.47. The van der Waals surface area contributed by atoms with Crippen LogP contribution in [0.3, 0.4) is 0 Å². The molecular formula is C15H19F2N3. The predicted octanol–water partition coefficient (Wildman–Crippen LogP) is 2.59. The maximum atomic E-state index is 13.2. The molecule has 0 atom stereocenters. The predicted molar refractivity (Wildman–Crippen MR) is 74.8 cm³/mol. The second-order valence-corrected chi connectivity index (χ2v) is 4.91. The Kier molecular flexibility index (Phi) is 4.49. The van der Waals surface area contributed by atoms with Crippen molar-refractivity contribution < 1.29 is 8.78 Å². The van der Waals surface area contributed by atoms with Crippen LogP contribution < -0.4 is 5.32 Å². The molecule has 0 aliphatic rings. The number of nitrogens with zero attached hydrogens (tertiary/aromatic N) is 2. The van der Waals surface area contributed by atoms with E-state index in [1.54, 1.807) is 6.07 Å². The van der Waals surface area contributed by atoms with Gasteiger partial charge < -0.3 is 5.32 Å². The fraction of sp³-hybridized carbons (Fsp3) is 0.400. The van der Waals surface area contributed by atoms with Crippen LogP contribution in [0.1, 0.15) is 22.5 Å². The molecule has 0 aliphatic heterocycles. The Labute approximate surface area is 117 Å². The molecule has 1 aromatic carbocycles. The molecule has 0 aliphatic carbocycles. The normalized spacial score (nSPS) is 11.1. The summed E-state index contributed by atoms with van der Waals surface area (Å²) < 4.78 is 28.0. The Balaban J connectivity index is 2.23. The van der Waals surface area contributed by atoms with E-state index >= 15 is 0 Å². The minimum atomic E-state index is -0.822. The van der Waals surface area contributed by atoms with E-state index in [4.69, 9.17) is 0 Å². The molecule has 5 heteroatoms. The first-order chi connectivity index (χ1) is 9.52. The molecular weight excluding hydrogens is 260 g/mol. The van der Waals surface area contributed by atoms with Crippen molar-refractivity contribution in [2.24, 2.45) is 0 Å². The molecule has 0 amide bonds. The van der Waals surface area contributed by atoms with Gasteiger partial charge in [0.1, 0.15) is 0 Å². The summed E-state index contributed by atoms with van der Waals surface area (Å²) in [5.74, 6) is -1.64. The molecule has 3 nitrogen and oxygen atoms in total. The minimum absolute atomic E-state index is 0.448. The highest BCUT2D eigenvalue weighted by molar-refractivity contribution is 5.26. The van der Waals surface area contributed by atoms with Gasteiger partial charge in [-0.25, -0.2) is 8.78 Å². The number of aromatic nitrogens is 2. The standard InChI is InChI=1S/C15H19F2N3/c1-10-13(6-7-18-3)11(2)20(19-10)9-12-4-5-14(16)15(17)8-12/h4-5,8,18H,6-7,9H2,1-3H3. The average molecular weight is 279 g/mol. The number of nitrogens with one attached hydrogen (secondary N) is 1. The molecule has 20 heavy (non-hydrogen) atoms. The van der Waals surface area contributed by atoms with E-state index in [0.29, 0.717) is 12.1 Å². The van der Waals surface area contributed by atoms with Gasteiger partial charge in [-0.1, -0.05) is 6.07 Å². The first-order valence-corrected chi connectivity index (χ1v) is 6.64. The van der Waals surface area contributed by atoms with Crippen LogP contribution in [-0.2, 0) is 13.0 Å². The summed E-state index contributed by atoms with van der Waals surface area (Å²) in [7, 11) is 1.91. The van der Waals surface area contributed by atoms with E-state index in [0.717, 1.165) is 30.4 Å². The number of benzene rings is 1. The summed E-state index contributed by atoms with van der Waals surface area (Å²) in [6, 6.07) is 3.96. The van der Waals surface area contributed by atoms with Crippen molar-refractivity contribution in [3.63, 3.8) is 0 Å². The van der Waals surface area contributed by atoms with Crippen LogP contribution in [0.25, 0.3) is 0 Å². The van der Waals surface area contributed by atoms with Gasteiger partial charge in [-0.3, -0.25) is 4.68 Å². The van der Waals surface area contributed by atoms with E-state index in [1.165, 1.54) is 11.6 Å². The van der Waals surface area contributed by atoms with Crippen LogP contribution in [-0.4, -0.2) is 23.4 Å². The monoisotopic (exact) mass is 279 g/mol. The van der Waals surface area contributed by atoms with Crippen molar-refractivity contribution in [1.29, 1.82) is 0 Å². The lowest BCUT2D eigenvalue weighted by Gasteiger charge is -2.06. The lowest BCUT2D eigenvalue weighted by molar-refractivity contribution is 0.505. The number of rotatable bonds is 5. The highest BCUT2D eigenvalue weighted by Gasteiger charge is 2.12. The maximum Gasteiger partial charge on any atom is 0.159 e. The van der Waals surface area contributed by atoms with Gasteiger partial charge in [-0.15, -0.1) is 0 Å². The minimum Gasteiger partial charge on any atom is -0.319 e. The Morgan fingerprint density at radius 1 is 1.20 bits per heavy atom. The lowest BCUT2D eigenvalue weighted by atomic mass is 10.1. The summed E-state index contributed by atoms with van der Waals surface area (Å²) in [5, 5.41) is 7.60. The van der Waals surface area contributed by atoms with E-state index in [1.807, 2.05) is 25.6 Å². The summed E-state index contributed by atoms with van der Waals surface area (Å²) >= 11 is 0. The van der Waals surface area contributed by atoms with Gasteiger partial charge in [0.25, 0.3) is 0 Å². The summed E-state index contributed by atoms with van der Waals surface area (Å²) in [6.45, 7) is 5.31. The van der Waals surface area contributed by atoms with Crippen LogP contribution in [0.5, 0.6) is 0 Å². The third kappa shape index (κ3) is 3.04. The molecule has 0 bridgehead atoms. The molecule has 2 aromatic rings. The van der Waals surface area contributed by atoms with Crippen LogP contribution in [0.4, 0.5) is 8.78 Å². The quantitative estimate of drug-likeness (QED) is 0.911. The molecule has 0 radical (unpaired) electrons. The second-order valence-electron chi connectivity index (χ2n) is 4.91. The zero-order chi connectivity index (χ0) is 14.7. The molecule has 0 saturated heterocycles. The topological polar surface area (TPSA) is 29.9 Å². The van der Waals surface area contributed by atoms with Crippen LogP contribution in [0, 0.1) is 25.5 Å². The van der Waals surface area contributed by atoms with Gasteiger partial charge in [0, 0.05) is 5.69 Å². The molecule has 0 unspecified atom stereocenters. The largest absolute Gasteiger partial charge is 0.319 e. The highest BCUT2D eigenvalue weighted by Crippen LogP contribution is 2.16. The van der Waals surface area contributed by atoms with Gasteiger partial charge in [-0.05, 0) is 57.1 Å². The molecule has 1 heterocycles. The van der Waals surface area contributed by atoms with Crippen molar-refractivity contribution >= 4 is 0 Å². The SMILES string of the molecule is CNCCc1c(C)nn(Cc2ccc(F)c(F)c2)c1C. The first-order valence-electron chi connectivity index (χ1n) is 6.64. The van der Waals surface area contributed by atoms with Crippen molar-refractivity contribution in [3.05, 3.63) is 52.3 Å². The fourth-order valence-electron chi connectivity index (χ4n) is 2.31. The third-order valence-corrected chi connectivity index (χ3v) is 3.47. The first kappa shape index (κ1) is 14.7. The van der Waals surface area contributed by atoms with Crippen molar-refractivity contribution in [1.82, 2.24) is 15.1 Å². The van der Waals surface area contributed by atoms with E-state index in [2.05, 4.69) is 10.4 Å². The summed E-state index contributed by atoms with van der Waals surface area (Å²) in [6.07, 6.45) is 0.909. The Morgan fingerprint density at radius 3 is 2.60 bits per heavy atom. The molecule has 0 saturated carbocycles. The van der Waals surface area contributed by atoms with Crippen molar-refractivity contribution in [2.45, 2.75) is 26.8 Å². The van der Waals surface area contributed by atoms with E-state index in [-0.39, 0.29) is 0 Å². The lowest BCUT2D eigenvalue weighted by Crippen LogP contribution is -2.11. The average Bonchev–Trinajstić information content (AvgIpc) is 2.67. The molecule has 0 spiro atoms. The van der Waals surface area contributed by atoms with Gasteiger partial charge in [0.2, 0.25) is 0 Å². The Morgan fingerprint density at radius 2 is 1.95 bits per heavy atom. The van der Waals surface area contributed by atoms with Crippen molar-refractivity contribution in [2.75, 3.05) is 13.6 Å². The molecule has 2 rings (SSSR count). The summed E-state index contributed by atoms with van der Waals surface area (Å²) in [5.41, 5.74) is 3.97. The Hall–Kier alpha value is -1.75. The molecule has 0 fully saturated rings. The fourth-order valence-corrected chi connectivity index (χ4v) is 2.31. The molecule has 1 N–H and O–H groups in total. The van der Waals surface area contributed by atoms with Gasteiger partial charge >= 0.3 is 0 Å². The smallest absolute Gasteiger partial charge is 0.159 e. The van der Waals surface area contributed by atoms with E-state index in [9.17, 15) is 8.78 Å². The zero-order valence-corrected chi connectivity index (χ0v) is 12.0. The zero-order valence-electron chi connectivity index (χ0n) is 12.0. The van der Waals surface area contributed by atoms with Crippen LogP contribution >= 0.6 is 0 Å². The van der Waals surface area contributed by atoms with Crippen LogP contribution in [0.15, 0.2) is 18.2 Å². The number of hydrogen-bond donors (Lipinski definition) is 1. The molecule has 108 valence electrons. The number of likely N-dealkylation sites (N-methyl/N-ethyl adjacent to an activating group) is 1. The summed E-state index contributed by atoms with van der Waals surface area (Å²) in [4.78, 5) is 0. The second kappa shape index (κ2) is 6.13.